The third-order valence-corrected chi connectivity index (χ3v) is 4.97. The number of carbonyl (C=O) groups is 4. The monoisotopic (exact) mass is 439 g/mol. The van der Waals surface area contributed by atoms with Gasteiger partial charge in [0.15, 0.2) is 0 Å². The van der Waals surface area contributed by atoms with Crippen LogP contribution in [0.15, 0.2) is 48.5 Å². The van der Waals surface area contributed by atoms with E-state index in [1.54, 1.807) is 57.2 Å². The zero-order valence-corrected chi connectivity index (χ0v) is 18.3. The highest BCUT2D eigenvalue weighted by Gasteiger charge is 2.49. The maximum absolute atomic E-state index is 13.0. The minimum Gasteiger partial charge on any atom is -0.497 e. The molecule has 0 saturated carbocycles. The second-order valence-corrected chi connectivity index (χ2v) is 7.76. The van der Waals surface area contributed by atoms with Crippen molar-refractivity contribution in [2.24, 2.45) is 0 Å². The molecule has 0 bridgehead atoms. The minimum atomic E-state index is -1.32. The fourth-order valence-corrected chi connectivity index (χ4v) is 3.29. The lowest BCUT2D eigenvalue weighted by atomic mass is 9.92. The van der Waals surface area contributed by atoms with Crippen molar-refractivity contribution in [3.8, 4) is 5.75 Å². The summed E-state index contributed by atoms with van der Waals surface area (Å²) in [6, 6.07) is 12.3. The van der Waals surface area contributed by atoms with Crippen LogP contribution in [-0.4, -0.2) is 48.5 Å². The first-order valence-corrected chi connectivity index (χ1v) is 10.0. The lowest BCUT2D eigenvalue weighted by molar-refractivity contribution is -0.133. The quantitative estimate of drug-likeness (QED) is 0.506. The summed E-state index contributed by atoms with van der Waals surface area (Å²) in [5.74, 6) is -1.02. The zero-order valence-electron chi connectivity index (χ0n) is 18.3. The van der Waals surface area contributed by atoms with E-state index < -0.39 is 35.9 Å². The molecule has 9 nitrogen and oxygen atoms in total. The molecule has 1 aliphatic rings. The molecule has 0 aromatic heterocycles. The van der Waals surface area contributed by atoms with Crippen LogP contribution in [0.3, 0.4) is 0 Å². The first-order valence-electron chi connectivity index (χ1n) is 10.0. The smallest absolute Gasteiger partial charge is 0.338 e. The topological polar surface area (TPSA) is 114 Å². The fourth-order valence-electron chi connectivity index (χ4n) is 3.29. The number of nitrogens with zero attached hydrogens (tertiary/aromatic N) is 1. The summed E-state index contributed by atoms with van der Waals surface area (Å²) in [4.78, 5) is 50.7. The van der Waals surface area contributed by atoms with Crippen LogP contribution in [0.5, 0.6) is 5.75 Å². The van der Waals surface area contributed by atoms with Gasteiger partial charge in [0, 0.05) is 5.69 Å². The molecule has 1 heterocycles. The van der Waals surface area contributed by atoms with E-state index in [-0.39, 0.29) is 6.10 Å². The number of anilines is 1. The van der Waals surface area contributed by atoms with E-state index in [4.69, 9.17) is 9.47 Å². The Hall–Kier alpha value is -3.88. The molecule has 1 unspecified atom stereocenters. The van der Waals surface area contributed by atoms with Gasteiger partial charge in [-0.3, -0.25) is 14.5 Å². The lowest BCUT2D eigenvalue weighted by Gasteiger charge is -2.22. The number of esters is 1. The van der Waals surface area contributed by atoms with Crippen molar-refractivity contribution in [3.05, 3.63) is 59.7 Å². The summed E-state index contributed by atoms with van der Waals surface area (Å²) in [7, 11) is 1.51. The van der Waals surface area contributed by atoms with Crippen LogP contribution in [0.2, 0.25) is 0 Å². The maximum atomic E-state index is 13.0. The van der Waals surface area contributed by atoms with Crippen molar-refractivity contribution in [1.82, 2.24) is 10.2 Å². The van der Waals surface area contributed by atoms with E-state index in [0.29, 0.717) is 22.6 Å². The van der Waals surface area contributed by atoms with Gasteiger partial charge in [0.2, 0.25) is 5.91 Å². The van der Waals surface area contributed by atoms with Crippen LogP contribution in [0, 0.1) is 0 Å². The molecule has 2 aromatic rings. The van der Waals surface area contributed by atoms with Crippen molar-refractivity contribution in [3.63, 3.8) is 0 Å². The Morgan fingerprint density at radius 2 is 1.81 bits per heavy atom. The Balaban J connectivity index is 1.67. The molecule has 1 atom stereocenters. The summed E-state index contributed by atoms with van der Waals surface area (Å²) in [5.41, 5.74) is -0.00909. The second-order valence-electron chi connectivity index (χ2n) is 7.76. The SMILES string of the molecule is COc1cccc(C2(C)NC(=O)N(CC(=O)Nc3ccc(C(=O)OC(C)C)cc3)C2=O)c1. The van der Waals surface area contributed by atoms with Gasteiger partial charge in [-0.05, 0) is 62.7 Å². The third-order valence-electron chi connectivity index (χ3n) is 4.97. The maximum Gasteiger partial charge on any atom is 0.338 e. The number of methoxy groups -OCH3 is 1. The Labute approximate surface area is 185 Å². The normalized spacial score (nSPS) is 17.8. The number of urea groups is 1. The van der Waals surface area contributed by atoms with E-state index in [0.717, 1.165) is 4.90 Å². The number of benzene rings is 2. The molecule has 3 rings (SSSR count). The second kappa shape index (κ2) is 9.09. The van der Waals surface area contributed by atoms with Gasteiger partial charge in [0.25, 0.3) is 5.91 Å². The zero-order chi connectivity index (χ0) is 23.5. The van der Waals surface area contributed by atoms with Crippen LogP contribution < -0.4 is 15.4 Å². The molecule has 2 aromatic carbocycles. The summed E-state index contributed by atoms with van der Waals surface area (Å²) < 4.78 is 10.3. The van der Waals surface area contributed by atoms with Crippen LogP contribution in [0.4, 0.5) is 10.5 Å². The summed E-state index contributed by atoms with van der Waals surface area (Å²) >= 11 is 0. The van der Waals surface area contributed by atoms with Crippen LogP contribution in [0.1, 0.15) is 36.7 Å². The van der Waals surface area contributed by atoms with Gasteiger partial charge in [-0.2, -0.15) is 0 Å². The Bertz CT molecular complexity index is 1050. The molecule has 168 valence electrons. The van der Waals surface area contributed by atoms with Crippen LogP contribution >= 0.6 is 0 Å². The molecule has 0 radical (unpaired) electrons. The van der Waals surface area contributed by atoms with Crippen molar-refractivity contribution in [2.45, 2.75) is 32.4 Å². The average Bonchev–Trinajstić information content (AvgIpc) is 2.97. The first-order chi connectivity index (χ1) is 15.1. The number of hydrogen-bond acceptors (Lipinski definition) is 6. The van der Waals surface area contributed by atoms with Gasteiger partial charge in [0.1, 0.15) is 17.8 Å². The van der Waals surface area contributed by atoms with Gasteiger partial charge in [-0.25, -0.2) is 9.59 Å². The highest BCUT2D eigenvalue weighted by atomic mass is 16.5. The number of ether oxygens (including phenoxy) is 2. The predicted molar refractivity (Wildman–Crippen MR) is 116 cm³/mol. The highest BCUT2D eigenvalue weighted by Crippen LogP contribution is 2.30. The van der Waals surface area contributed by atoms with Gasteiger partial charge >= 0.3 is 12.0 Å². The molecule has 32 heavy (non-hydrogen) atoms. The highest BCUT2D eigenvalue weighted by molar-refractivity contribution is 6.10. The number of amides is 4. The molecular formula is C23H25N3O6. The van der Waals surface area contributed by atoms with Gasteiger partial charge in [-0.1, -0.05) is 12.1 Å². The standard InChI is InChI=1S/C23H25N3O6/c1-14(2)32-20(28)15-8-10-17(11-9-15)24-19(27)13-26-21(29)23(3,25-22(26)30)16-6-5-7-18(12-16)31-4/h5-12,14H,13H2,1-4H3,(H,24,27)(H,25,30). The van der Waals surface area contributed by atoms with Gasteiger partial charge < -0.3 is 20.1 Å². The van der Waals surface area contributed by atoms with Crippen LogP contribution in [-0.2, 0) is 19.9 Å². The van der Waals surface area contributed by atoms with Crippen molar-refractivity contribution >= 4 is 29.5 Å². The van der Waals surface area contributed by atoms with Crippen molar-refractivity contribution in [2.75, 3.05) is 19.0 Å². The van der Waals surface area contributed by atoms with E-state index in [1.165, 1.54) is 19.2 Å². The number of nitrogens with one attached hydrogen (secondary N) is 2. The Morgan fingerprint density at radius 3 is 2.44 bits per heavy atom. The number of hydrogen-bond donors (Lipinski definition) is 2. The average molecular weight is 439 g/mol. The van der Waals surface area contributed by atoms with Crippen molar-refractivity contribution in [1.29, 1.82) is 0 Å². The minimum absolute atomic E-state index is 0.242. The number of rotatable bonds is 7. The largest absolute Gasteiger partial charge is 0.497 e. The first kappa shape index (κ1) is 22.8. The molecule has 2 N–H and O–H groups in total. The van der Waals surface area contributed by atoms with E-state index in [9.17, 15) is 19.2 Å². The van der Waals surface area contributed by atoms with Crippen LogP contribution in [0.25, 0.3) is 0 Å². The molecule has 9 heteroatoms. The molecule has 0 aliphatic carbocycles. The number of carbonyl (C=O) groups excluding carboxylic acids is 4. The molecule has 0 spiro atoms. The van der Waals surface area contributed by atoms with E-state index in [1.807, 2.05) is 0 Å². The van der Waals surface area contributed by atoms with Crippen molar-refractivity contribution < 1.29 is 28.7 Å². The van der Waals surface area contributed by atoms with Gasteiger partial charge in [0.05, 0.1) is 18.8 Å². The molecule has 1 saturated heterocycles. The molecule has 1 aliphatic heterocycles. The summed E-state index contributed by atoms with van der Waals surface area (Å²) in [5, 5.41) is 5.27. The fraction of sp³-hybridized carbons (Fsp3) is 0.304. The van der Waals surface area contributed by atoms with Gasteiger partial charge in [-0.15, -0.1) is 0 Å². The molecule has 1 fully saturated rings. The predicted octanol–water partition coefficient (Wildman–Crippen LogP) is 2.67. The summed E-state index contributed by atoms with van der Waals surface area (Å²) in [6.07, 6.45) is -0.242. The summed E-state index contributed by atoms with van der Waals surface area (Å²) in [6.45, 7) is 4.62. The Kier molecular flexibility index (Phi) is 6.47. The molecule has 4 amide bonds. The molecular weight excluding hydrogens is 414 g/mol. The number of imide groups is 1. The Morgan fingerprint density at radius 1 is 1.12 bits per heavy atom. The lowest BCUT2D eigenvalue weighted by Crippen LogP contribution is -2.42. The van der Waals surface area contributed by atoms with E-state index >= 15 is 0 Å². The third kappa shape index (κ3) is 4.72. The van der Waals surface area contributed by atoms with E-state index in [2.05, 4.69) is 10.6 Å².